The number of nitrogens with one attached hydrogen (secondary N) is 1. The number of alkyl halides is 3. The molecule has 0 radical (unpaired) electrons. The molecule has 2 amide bonds. The number of hydrogen-bond acceptors (Lipinski definition) is 4. The summed E-state index contributed by atoms with van der Waals surface area (Å²) in [5.74, 6) is -1.33. The lowest BCUT2D eigenvalue weighted by Crippen LogP contribution is -2.52. The zero-order valence-corrected chi connectivity index (χ0v) is 25.4. The Bertz CT molecular complexity index is 1500. The van der Waals surface area contributed by atoms with Gasteiger partial charge in [-0.25, -0.2) is 8.42 Å². The second-order valence-corrected chi connectivity index (χ2v) is 12.3. The van der Waals surface area contributed by atoms with Gasteiger partial charge in [-0.05, 0) is 68.3 Å². The molecule has 13 heteroatoms. The van der Waals surface area contributed by atoms with E-state index in [1.54, 1.807) is 37.3 Å². The molecular weight excluding hydrogens is 614 g/mol. The summed E-state index contributed by atoms with van der Waals surface area (Å²) in [4.78, 5) is 27.9. The number of sulfonamides is 1. The number of rotatable bonds is 11. The zero-order valence-electron chi connectivity index (χ0n) is 23.0. The van der Waals surface area contributed by atoms with Gasteiger partial charge < -0.3 is 10.2 Å². The van der Waals surface area contributed by atoms with Crippen LogP contribution in [-0.4, -0.2) is 43.8 Å². The SMILES string of the molecule is CCC(C)NC(=O)C(C)N(Cc1ccc(Cl)cc1)C(=O)CN(c1cc(C(F)(F)F)ccc1Cl)S(=O)(=O)c1ccccc1. The smallest absolute Gasteiger partial charge is 0.352 e. The molecule has 3 aromatic carbocycles. The summed E-state index contributed by atoms with van der Waals surface area (Å²) in [7, 11) is -4.60. The van der Waals surface area contributed by atoms with Gasteiger partial charge >= 0.3 is 6.18 Å². The van der Waals surface area contributed by atoms with Gasteiger partial charge in [0.15, 0.2) is 0 Å². The second kappa shape index (κ2) is 13.8. The van der Waals surface area contributed by atoms with E-state index < -0.39 is 51.9 Å². The molecule has 2 unspecified atom stereocenters. The summed E-state index contributed by atoms with van der Waals surface area (Å²) in [6, 6.07) is 14.4. The summed E-state index contributed by atoms with van der Waals surface area (Å²) >= 11 is 12.2. The summed E-state index contributed by atoms with van der Waals surface area (Å²) in [6.45, 7) is 4.10. The number of nitrogens with zero attached hydrogens (tertiary/aromatic N) is 2. The van der Waals surface area contributed by atoms with Crippen LogP contribution < -0.4 is 9.62 Å². The van der Waals surface area contributed by atoms with Crippen LogP contribution in [0.3, 0.4) is 0 Å². The van der Waals surface area contributed by atoms with Gasteiger partial charge in [-0.2, -0.15) is 13.2 Å². The fourth-order valence-electron chi connectivity index (χ4n) is 3.95. The number of amides is 2. The highest BCUT2D eigenvalue weighted by atomic mass is 35.5. The van der Waals surface area contributed by atoms with Gasteiger partial charge in [0.25, 0.3) is 10.0 Å². The second-order valence-electron chi connectivity index (χ2n) is 9.63. The maximum absolute atomic E-state index is 13.9. The molecule has 7 nitrogen and oxygen atoms in total. The minimum atomic E-state index is -4.81. The van der Waals surface area contributed by atoms with Crippen molar-refractivity contribution in [3.8, 4) is 0 Å². The predicted molar refractivity (Wildman–Crippen MR) is 157 cm³/mol. The van der Waals surface area contributed by atoms with E-state index in [1.807, 2.05) is 6.92 Å². The van der Waals surface area contributed by atoms with Gasteiger partial charge in [0.2, 0.25) is 11.8 Å². The quantitative estimate of drug-likeness (QED) is 0.257. The number of benzene rings is 3. The van der Waals surface area contributed by atoms with Crippen molar-refractivity contribution in [2.24, 2.45) is 0 Å². The van der Waals surface area contributed by atoms with Crippen LogP contribution in [-0.2, 0) is 32.3 Å². The Morgan fingerprint density at radius 1 is 0.952 bits per heavy atom. The largest absolute Gasteiger partial charge is 0.416 e. The van der Waals surface area contributed by atoms with Crippen LogP contribution in [0.15, 0.2) is 77.7 Å². The van der Waals surface area contributed by atoms with Gasteiger partial charge in [-0.15, -0.1) is 0 Å². The molecule has 42 heavy (non-hydrogen) atoms. The first-order valence-corrected chi connectivity index (χ1v) is 15.1. The molecule has 0 aromatic heterocycles. The van der Waals surface area contributed by atoms with E-state index in [0.29, 0.717) is 27.4 Å². The molecule has 3 rings (SSSR count). The van der Waals surface area contributed by atoms with Gasteiger partial charge in [0.1, 0.15) is 12.6 Å². The molecule has 0 bridgehead atoms. The van der Waals surface area contributed by atoms with Crippen molar-refractivity contribution in [3.63, 3.8) is 0 Å². The van der Waals surface area contributed by atoms with Crippen LogP contribution in [0.2, 0.25) is 10.0 Å². The Balaban J connectivity index is 2.11. The highest BCUT2D eigenvalue weighted by Gasteiger charge is 2.36. The van der Waals surface area contributed by atoms with Gasteiger partial charge in [-0.1, -0.05) is 60.5 Å². The number of halogens is 5. The third kappa shape index (κ3) is 8.17. The lowest BCUT2D eigenvalue weighted by Gasteiger charge is -2.33. The van der Waals surface area contributed by atoms with Crippen molar-refractivity contribution in [1.82, 2.24) is 10.2 Å². The molecule has 0 aliphatic rings. The Morgan fingerprint density at radius 3 is 2.14 bits per heavy atom. The molecular formula is C29H30Cl2F3N3O4S. The number of carbonyl (C=O) groups is 2. The Kier molecular flexibility index (Phi) is 10.9. The molecule has 0 spiro atoms. The van der Waals surface area contributed by atoms with E-state index in [1.165, 1.54) is 31.2 Å². The first-order chi connectivity index (χ1) is 19.6. The monoisotopic (exact) mass is 643 g/mol. The van der Waals surface area contributed by atoms with Crippen molar-refractivity contribution in [2.45, 2.75) is 56.9 Å². The lowest BCUT2D eigenvalue weighted by atomic mass is 10.1. The summed E-state index contributed by atoms with van der Waals surface area (Å²) in [5.41, 5.74) is -1.10. The van der Waals surface area contributed by atoms with Crippen LogP contribution >= 0.6 is 23.2 Å². The van der Waals surface area contributed by atoms with Crippen LogP contribution in [0.4, 0.5) is 18.9 Å². The van der Waals surface area contributed by atoms with Crippen LogP contribution in [0, 0.1) is 0 Å². The fraction of sp³-hybridized carbons (Fsp3) is 0.310. The van der Waals surface area contributed by atoms with Gasteiger partial charge in [0, 0.05) is 17.6 Å². The minimum Gasteiger partial charge on any atom is -0.352 e. The Hall–Kier alpha value is -3.28. The lowest BCUT2D eigenvalue weighted by molar-refractivity contribution is -0.139. The maximum atomic E-state index is 13.9. The van der Waals surface area contributed by atoms with Crippen molar-refractivity contribution < 1.29 is 31.2 Å². The number of hydrogen-bond donors (Lipinski definition) is 1. The highest BCUT2D eigenvalue weighted by molar-refractivity contribution is 7.92. The third-order valence-electron chi connectivity index (χ3n) is 6.59. The fourth-order valence-corrected chi connectivity index (χ4v) is 5.79. The molecule has 0 heterocycles. The van der Waals surface area contributed by atoms with E-state index in [4.69, 9.17) is 23.2 Å². The molecule has 1 N–H and O–H groups in total. The molecule has 226 valence electrons. The molecule has 3 aromatic rings. The number of carbonyl (C=O) groups excluding carboxylic acids is 2. The van der Waals surface area contributed by atoms with E-state index in [-0.39, 0.29) is 22.5 Å². The van der Waals surface area contributed by atoms with E-state index in [2.05, 4.69) is 5.32 Å². The van der Waals surface area contributed by atoms with Crippen molar-refractivity contribution in [2.75, 3.05) is 10.8 Å². The molecule has 2 atom stereocenters. The average molecular weight is 645 g/mol. The van der Waals surface area contributed by atoms with Crippen LogP contribution in [0.5, 0.6) is 0 Å². The first-order valence-electron chi connectivity index (χ1n) is 12.9. The van der Waals surface area contributed by atoms with Crippen molar-refractivity contribution in [1.29, 1.82) is 0 Å². The normalized spacial score (nSPS) is 13.2. The maximum Gasteiger partial charge on any atom is 0.416 e. The van der Waals surface area contributed by atoms with E-state index >= 15 is 0 Å². The minimum absolute atomic E-state index is 0.110. The zero-order chi connectivity index (χ0) is 31.2. The van der Waals surface area contributed by atoms with Crippen molar-refractivity contribution >= 4 is 50.7 Å². The molecule has 0 aliphatic carbocycles. The molecule has 0 saturated carbocycles. The Labute approximate surface area is 253 Å². The first kappa shape index (κ1) is 33.2. The average Bonchev–Trinajstić information content (AvgIpc) is 2.95. The molecule has 0 aliphatic heterocycles. The molecule has 0 fully saturated rings. The topological polar surface area (TPSA) is 86.8 Å². The van der Waals surface area contributed by atoms with Gasteiger partial charge in [0.05, 0.1) is 21.2 Å². The standard InChI is InChI=1S/C29H30Cl2F3N3O4S/c1-4-19(2)35-28(39)20(3)36(17-21-10-13-23(30)14-11-21)27(38)18-37(42(40,41)24-8-6-5-7-9-24)26-16-22(29(32,33)34)12-15-25(26)31/h5-16,19-20H,4,17-18H2,1-3H3,(H,35,39). The van der Waals surface area contributed by atoms with Crippen LogP contribution in [0.25, 0.3) is 0 Å². The Morgan fingerprint density at radius 2 is 1.57 bits per heavy atom. The highest BCUT2D eigenvalue weighted by Crippen LogP contribution is 2.37. The predicted octanol–water partition coefficient (Wildman–Crippen LogP) is 6.54. The summed E-state index contributed by atoms with van der Waals surface area (Å²) < 4.78 is 69.1. The van der Waals surface area contributed by atoms with Crippen LogP contribution in [0.1, 0.15) is 38.3 Å². The van der Waals surface area contributed by atoms with Gasteiger partial charge in [-0.3, -0.25) is 13.9 Å². The molecule has 0 saturated heterocycles. The summed E-state index contributed by atoms with van der Waals surface area (Å²) in [5, 5.41) is 2.93. The summed E-state index contributed by atoms with van der Waals surface area (Å²) in [6.07, 6.45) is -4.19. The van der Waals surface area contributed by atoms with E-state index in [0.717, 1.165) is 17.0 Å². The third-order valence-corrected chi connectivity index (χ3v) is 8.93. The van der Waals surface area contributed by atoms with Crippen molar-refractivity contribution in [3.05, 3.63) is 94.0 Å². The number of anilines is 1. The van der Waals surface area contributed by atoms with E-state index in [9.17, 15) is 31.2 Å².